The maximum absolute atomic E-state index is 12.2. The molecule has 0 N–H and O–H groups in total. The van der Waals surface area contributed by atoms with Gasteiger partial charge < -0.3 is 0 Å². The van der Waals surface area contributed by atoms with Crippen LogP contribution in [-0.2, 0) is 6.18 Å². The smallest absolute Gasteiger partial charge is 0.223 e. The van der Waals surface area contributed by atoms with Crippen LogP contribution >= 0.6 is 15.9 Å². The summed E-state index contributed by atoms with van der Waals surface area (Å²) < 4.78 is 38.4. The van der Waals surface area contributed by atoms with Crippen molar-refractivity contribution in [3.8, 4) is 0 Å². The van der Waals surface area contributed by atoms with Crippen LogP contribution in [-0.4, -0.2) is 14.6 Å². The van der Waals surface area contributed by atoms with Crippen molar-refractivity contribution in [2.24, 2.45) is 0 Å². The topological polar surface area (TPSA) is 30.2 Å². The highest BCUT2D eigenvalue weighted by atomic mass is 79.9. The lowest BCUT2D eigenvalue weighted by atomic mass is 10.4. The van der Waals surface area contributed by atoms with Gasteiger partial charge in [0.05, 0.1) is 10.7 Å². The SMILES string of the molecule is FC(F)(F)c1ccn2ncc(Br)c2n1. The van der Waals surface area contributed by atoms with Crippen molar-refractivity contribution < 1.29 is 13.2 Å². The number of fused-ring (bicyclic) bond motifs is 1. The molecule has 0 amide bonds. The molecular weight excluding hydrogens is 263 g/mol. The fourth-order valence-electron chi connectivity index (χ4n) is 0.999. The zero-order chi connectivity index (χ0) is 10.3. The number of hydrogen-bond donors (Lipinski definition) is 0. The molecule has 0 bridgehead atoms. The zero-order valence-corrected chi connectivity index (χ0v) is 8.17. The number of halogens is 4. The molecule has 0 atom stereocenters. The lowest BCUT2D eigenvalue weighted by molar-refractivity contribution is -0.141. The predicted octanol–water partition coefficient (Wildman–Crippen LogP) is 2.51. The predicted molar refractivity (Wildman–Crippen MR) is 45.7 cm³/mol. The van der Waals surface area contributed by atoms with Crippen molar-refractivity contribution in [2.75, 3.05) is 0 Å². The minimum atomic E-state index is -4.43. The van der Waals surface area contributed by atoms with Crippen LogP contribution in [0.3, 0.4) is 0 Å². The van der Waals surface area contributed by atoms with Gasteiger partial charge in [0.25, 0.3) is 0 Å². The molecule has 0 aliphatic heterocycles. The van der Waals surface area contributed by atoms with E-state index >= 15 is 0 Å². The molecule has 0 saturated carbocycles. The van der Waals surface area contributed by atoms with E-state index in [4.69, 9.17) is 0 Å². The Morgan fingerprint density at radius 3 is 2.71 bits per heavy atom. The minimum absolute atomic E-state index is 0.153. The molecule has 2 aromatic heterocycles. The molecule has 0 spiro atoms. The second kappa shape index (κ2) is 2.94. The van der Waals surface area contributed by atoms with Gasteiger partial charge in [0.1, 0.15) is 5.69 Å². The maximum Gasteiger partial charge on any atom is 0.433 e. The summed E-state index contributed by atoms with van der Waals surface area (Å²) in [6.07, 6.45) is -1.82. The summed E-state index contributed by atoms with van der Waals surface area (Å²) in [5.41, 5.74) is -0.772. The summed E-state index contributed by atoms with van der Waals surface area (Å²) in [6, 6.07) is 0.881. The third-order valence-electron chi connectivity index (χ3n) is 1.62. The standard InChI is InChI=1S/C7H3BrF3N3/c8-4-3-12-14-2-1-5(7(9,10)11)13-6(4)14/h1-3H. The van der Waals surface area contributed by atoms with E-state index in [9.17, 15) is 13.2 Å². The van der Waals surface area contributed by atoms with Crippen LogP contribution in [0.15, 0.2) is 22.9 Å². The van der Waals surface area contributed by atoms with Crippen molar-refractivity contribution in [2.45, 2.75) is 6.18 Å². The van der Waals surface area contributed by atoms with Crippen LogP contribution in [0, 0.1) is 0 Å². The van der Waals surface area contributed by atoms with Crippen molar-refractivity contribution in [3.05, 3.63) is 28.6 Å². The Kier molecular flexibility index (Phi) is 1.99. The highest BCUT2D eigenvalue weighted by Gasteiger charge is 2.32. The number of rotatable bonds is 0. The van der Waals surface area contributed by atoms with Gasteiger partial charge in [-0.05, 0) is 22.0 Å². The quantitative estimate of drug-likeness (QED) is 0.733. The van der Waals surface area contributed by atoms with Crippen LogP contribution in [0.1, 0.15) is 5.69 Å². The Morgan fingerprint density at radius 1 is 1.36 bits per heavy atom. The van der Waals surface area contributed by atoms with E-state index in [0.29, 0.717) is 4.47 Å². The van der Waals surface area contributed by atoms with Gasteiger partial charge >= 0.3 is 6.18 Å². The molecule has 0 radical (unpaired) electrons. The van der Waals surface area contributed by atoms with Crippen molar-refractivity contribution >= 4 is 21.6 Å². The van der Waals surface area contributed by atoms with E-state index in [1.54, 1.807) is 0 Å². The first-order chi connectivity index (χ1) is 6.48. The first-order valence-corrected chi connectivity index (χ1v) is 4.35. The van der Waals surface area contributed by atoms with Crippen LogP contribution < -0.4 is 0 Å². The Balaban J connectivity index is 2.66. The van der Waals surface area contributed by atoms with Gasteiger partial charge in [0, 0.05) is 6.20 Å². The van der Waals surface area contributed by atoms with Crippen LogP contribution in [0.4, 0.5) is 13.2 Å². The van der Waals surface area contributed by atoms with Gasteiger partial charge in [-0.2, -0.15) is 18.3 Å². The van der Waals surface area contributed by atoms with Crippen molar-refractivity contribution in [1.82, 2.24) is 14.6 Å². The highest BCUT2D eigenvalue weighted by Crippen LogP contribution is 2.28. The molecule has 7 heteroatoms. The Bertz CT molecular complexity index is 476. The van der Waals surface area contributed by atoms with E-state index in [0.717, 1.165) is 6.07 Å². The van der Waals surface area contributed by atoms with E-state index in [2.05, 4.69) is 26.0 Å². The number of hydrogen-bond acceptors (Lipinski definition) is 2. The first kappa shape index (κ1) is 9.45. The van der Waals surface area contributed by atoms with E-state index in [1.807, 2.05) is 0 Å². The first-order valence-electron chi connectivity index (χ1n) is 3.55. The molecule has 3 nitrogen and oxygen atoms in total. The van der Waals surface area contributed by atoms with Gasteiger partial charge in [0.15, 0.2) is 5.65 Å². The summed E-state index contributed by atoms with van der Waals surface area (Å²) in [5.74, 6) is 0. The van der Waals surface area contributed by atoms with Gasteiger partial charge in [-0.1, -0.05) is 0 Å². The Morgan fingerprint density at radius 2 is 2.07 bits per heavy atom. The highest BCUT2D eigenvalue weighted by molar-refractivity contribution is 9.10. The third-order valence-corrected chi connectivity index (χ3v) is 2.18. The molecule has 0 aliphatic carbocycles. The zero-order valence-electron chi connectivity index (χ0n) is 6.59. The number of nitrogens with zero attached hydrogens (tertiary/aromatic N) is 3. The Labute approximate surface area is 84.7 Å². The molecule has 0 aromatic carbocycles. The van der Waals surface area contributed by atoms with Crippen molar-refractivity contribution in [3.63, 3.8) is 0 Å². The summed E-state index contributed by atoms with van der Waals surface area (Å²) in [4.78, 5) is 3.43. The van der Waals surface area contributed by atoms with Crippen LogP contribution in [0.2, 0.25) is 0 Å². The lowest BCUT2D eigenvalue weighted by Gasteiger charge is -2.04. The average molecular weight is 266 g/mol. The lowest BCUT2D eigenvalue weighted by Crippen LogP contribution is -2.08. The van der Waals surface area contributed by atoms with E-state index in [-0.39, 0.29) is 5.65 Å². The summed E-state index contributed by atoms with van der Waals surface area (Å²) >= 11 is 3.05. The van der Waals surface area contributed by atoms with Crippen molar-refractivity contribution in [1.29, 1.82) is 0 Å². The molecule has 0 saturated heterocycles. The molecule has 14 heavy (non-hydrogen) atoms. The average Bonchev–Trinajstić information content (AvgIpc) is 2.46. The van der Waals surface area contributed by atoms with Gasteiger partial charge in [-0.25, -0.2) is 9.50 Å². The summed E-state index contributed by atoms with van der Waals surface area (Å²) in [7, 11) is 0. The Hall–Kier alpha value is -1.11. The molecule has 0 unspecified atom stereocenters. The van der Waals surface area contributed by atoms with Gasteiger partial charge in [-0.15, -0.1) is 0 Å². The van der Waals surface area contributed by atoms with E-state index < -0.39 is 11.9 Å². The van der Waals surface area contributed by atoms with E-state index in [1.165, 1.54) is 16.9 Å². The fourth-order valence-corrected chi connectivity index (χ4v) is 1.36. The summed E-state index contributed by atoms with van der Waals surface area (Å²) in [5, 5.41) is 3.78. The number of alkyl halides is 3. The summed E-state index contributed by atoms with van der Waals surface area (Å²) in [6.45, 7) is 0. The van der Waals surface area contributed by atoms with Crippen LogP contribution in [0.5, 0.6) is 0 Å². The molecule has 0 fully saturated rings. The number of aromatic nitrogens is 3. The van der Waals surface area contributed by atoms with Gasteiger partial charge in [0.2, 0.25) is 0 Å². The van der Waals surface area contributed by atoms with Gasteiger partial charge in [-0.3, -0.25) is 0 Å². The van der Waals surface area contributed by atoms with Crippen LogP contribution in [0.25, 0.3) is 5.65 Å². The largest absolute Gasteiger partial charge is 0.433 e. The molecule has 2 heterocycles. The molecule has 74 valence electrons. The minimum Gasteiger partial charge on any atom is -0.223 e. The monoisotopic (exact) mass is 265 g/mol. The molecule has 2 rings (SSSR count). The fraction of sp³-hybridized carbons (Fsp3) is 0.143. The maximum atomic E-state index is 12.2. The second-order valence-corrected chi connectivity index (χ2v) is 3.43. The normalized spacial score (nSPS) is 12.3. The molecule has 2 aromatic rings. The second-order valence-electron chi connectivity index (χ2n) is 2.57. The molecular formula is C7H3BrF3N3. The third kappa shape index (κ3) is 1.47. The molecule has 0 aliphatic rings.